The van der Waals surface area contributed by atoms with Gasteiger partial charge in [0.1, 0.15) is 5.58 Å². The largest absolute Gasteiger partial charge is 0.464 e. The topological polar surface area (TPSA) is 56.5 Å². The number of hydrogen-bond donors (Lipinski definition) is 0. The lowest BCUT2D eigenvalue weighted by atomic mass is 10.1. The van der Waals surface area contributed by atoms with Crippen molar-refractivity contribution in [3.05, 3.63) is 71.0 Å². The van der Waals surface area contributed by atoms with E-state index in [4.69, 9.17) is 9.15 Å². The van der Waals surface area contributed by atoms with Gasteiger partial charge in [-0.3, -0.25) is 9.59 Å². The molecule has 0 aliphatic carbocycles. The summed E-state index contributed by atoms with van der Waals surface area (Å²) in [7, 11) is 0. The van der Waals surface area contributed by atoms with Crippen LogP contribution in [0.1, 0.15) is 34.0 Å². The number of aryl methyl sites for hydroxylation is 2. The van der Waals surface area contributed by atoms with Crippen LogP contribution in [0.15, 0.2) is 53.1 Å². The number of esters is 1. The molecule has 4 nitrogen and oxygen atoms in total. The molecule has 2 aromatic carbocycles. The first-order valence-electron chi connectivity index (χ1n) is 8.21. The van der Waals surface area contributed by atoms with Crippen molar-refractivity contribution in [3.63, 3.8) is 0 Å². The van der Waals surface area contributed by atoms with Gasteiger partial charge in [-0.2, -0.15) is 0 Å². The second-order valence-electron chi connectivity index (χ2n) is 6.30. The Hall–Kier alpha value is -2.88. The molecule has 1 atom stereocenters. The van der Waals surface area contributed by atoms with Gasteiger partial charge in [0, 0.05) is 16.5 Å². The second kappa shape index (κ2) is 6.93. The highest BCUT2D eigenvalue weighted by atomic mass is 16.5. The number of carbonyl (C=O) groups excluding carboxylic acids is 2. The predicted molar refractivity (Wildman–Crippen MR) is 95.7 cm³/mol. The molecule has 0 spiro atoms. The normalized spacial score (nSPS) is 12.1. The molecule has 25 heavy (non-hydrogen) atoms. The van der Waals surface area contributed by atoms with E-state index in [1.54, 1.807) is 25.3 Å². The Morgan fingerprint density at radius 2 is 1.72 bits per heavy atom. The van der Waals surface area contributed by atoms with Crippen LogP contribution >= 0.6 is 0 Å². The molecule has 0 unspecified atom stereocenters. The Kier molecular flexibility index (Phi) is 4.70. The average molecular weight is 336 g/mol. The Bertz CT molecular complexity index is 919. The standard InChI is InChI=1S/C21H20O4/c1-13-4-7-16(8-5-13)21(23)15(3)25-20(22)11-17-12-24-19-10-14(2)6-9-18(17)19/h4-10,12,15H,11H2,1-3H3/t15-/m0/s1. The molecule has 3 rings (SSSR count). The molecule has 1 heterocycles. The Balaban J connectivity index is 1.67. The molecule has 0 radical (unpaired) electrons. The van der Waals surface area contributed by atoms with Gasteiger partial charge in [0.2, 0.25) is 5.78 Å². The zero-order chi connectivity index (χ0) is 18.0. The molecule has 0 aliphatic heterocycles. The fourth-order valence-corrected chi connectivity index (χ4v) is 2.73. The van der Waals surface area contributed by atoms with Crippen molar-refractivity contribution in [2.24, 2.45) is 0 Å². The van der Waals surface area contributed by atoms with E-state index in [1.165, 1.54) is 0 Å². The van der Waals surface area contributed by atoms with Crippen LogP contribution < -0.4 is 0 Å². The van der Waals surface area contributed by atoms with E-state index >= 15 is 0 Å². The maximum Gasteiger partial charge on any atom is 0.311 e. The minimum Gasteiger partial charge on any atom is -0.464 e. The van der Waals surface area contributed by atoms with Crippen LogP contribution in [0.4, 0.5) is 0 Å². The number of hydrogen-bond acceptors (Lipinski definition) is 4. The number of Topliss-reactive ketones (excluding diaryl/α,β-unsaturated/α-hetero) is 1. The number of ketones is 1. The molecular weight excluding hydrogens is 316 g/mol. The summed E-state index contributed by atoms with van der Waals surface area (Å²) < 4.78 is 10.8. The lowest BCUT2D eigenvalue weighted by molar-refractivity contribution is -0.145. The number of furan rings is 1. The third kappa shape index (κ3) is 3.79. The van der Waals surface area contributed by atoms with Crippen molar-refractivity contribution in [3.8, 4) is 0 Å². The number of carbonyl (C=O) groups is 2. The highest BCUT2D eigenvalue weighted by Gasteiger charge is 2.20. The molecule has 0 fully saturated rings. The van der Waals surface area contributed by atoms with Crippen LogP contribution in [0.2, 0.25) is 0 Å². The zero-order valence-corrected chi connectivity index (χ0v) is 14.5. The SMILES string of the molecule is Cc1ccc(C(=O)[C@H](C)OC(=O)Cc2coc3cc(C)ccc23)cc1. The van der Waals surface area contributed by atoms with Crippen LogP contribution in [-0.2, 0) is 16.0 Å². The van der Waals surface area contributed by atoms with Crippen LogP contribution in [0.5, 0.6) is 0 Å². The van der Waals surface area contributed by atoms with E-state index in [-0.39, 0.29) is 12.2 Å². The first-order chi connectivity index (χ1) is 11.9. The molecule has 4 heteroatoms. The van der Waals surface area contributed by atoms with Crippen molar-refractivity contribution >= 4 is 22.7 Å². The monoisotopic (exact) mass is 336 g/mol. The van der Waals surface area contributed by atoms with E-state index in [9.17, 15) is 9.59 Å². The van der Waals surface area contributed by atoms with Crippen molar-refractivity contribution in [1.29, 1.82) is 0 Å². The third-order valence-electron chi connectivity index (χ3n) is 4.16. The minimum atomic E-state index is -0.824. The van der Waals surface area contributed by atoms with Gasteiger partial charge in [0.15, 0.2) is 6.10 Å². The average Bonchev–Trinajstić information content (AvgIpc) is 2.96. The smallest absolute Gasteiger partial charge is 0.311 e. The minimum absolute atomic E-state index is 0.0710. The first-order valence-corrected chi connectivity index (χ1v) is 8.21. The molecule has 0 amide bonds. The van der Waals surface area contributed by atoms with E-state index in [1.807, 2.05) is 44.2 Å². The van der Waals surface area contributed by atoms with Gasteiger partial charge in [-0.25, -0.2) is 0 Å². The Morgan fingerprint density at radius 3 is 2.44 bits per heavy atom. The maximum atomic E-state index is 12.3. The van der Waals surface area contributed by atoms with E-state index in [0.29, 0.717) is 5.56 Å². The van der Waals surface area contributed by atoms with Crippen LogP contribution in [0, 0.1) is 13.8 Å². The molecule has 1 aromatic heterocycles. The van der Waals surface area contributed by atoms with Gasteiger partial charge in [-0.1, -0.05) is 42.0 Å². The molecular formula is C21H20O4. The van der Waals surface area contributed by atoms with E-state index in [2.05, 4.69) is 0 Å². The van der Waals surface area contributed by atoms with Gasteiger partial charge < -0.3 is 9.15 Å². The second-order valence-corrected chi connectivity index (χ2v) is 6.30. The van der Waals surface area contributed by atoms with Crippen molar-refractivity contribution in [2.45, 2.75) is 33.3 Å². The summed E-state index contributed by atoms with van der Waals surface area (Å²) in [6, 6.07) is 13.0. The number of fused-ring (bicyclic) bond motifs is 1. The first kappa shape index (κ1) is 17.0. The van der Waals surface area contributed by atoms with Gasteiger partial charge in [-0.05, 0) is 32.4 Å². The number of rotatable bonds is 5. The molecule has 0 bridgehead atoms. The zero-order valence-electron chi connectivity index (χ0n) is 14.5. The number of ether oxygens (including phenoxy) is 1. The quantitative estimate of drug-likeness (QED) is 0.512. The Morgan fingerprint density at radius 1 is 1.04 bits per heavy atom. The lowest BCUT2D eigenvalue weighted by Gasteiger charge is -2.12. The van der Waals surface area contributed by atoms with Crippen LogP contribution in [-0.4, -0.2) is 17.9 Å². The summed E-state index contributed by atoms with van der Waals surface area (Å²) in [4.78, 5) is 24.6. The molecule has 0 aliphatic rings. The maximum absolute atomic E-state index is 12.3. The summed E-state index contributed by atoms with van der Waals surface area (Å²) in [5.74, 6) is -0.655. The third-order valence-corrected chi connectivity index (χ3v) is 4.16. The summed E-state index contributed by atoms with van der Waals surface area (Å²) in [5.41, 5.74) is 4.20. The summed E-state index contributed by atoms with van der Waals surface area (Å²) >= 11 is 0. The van der Waals surface area contributed by atoms with Crippen molar-refractivity contribution < 1.29 is 18.7 Å². The van der Waals surface area contributed by atoms with Crippen LogP contribution in [0.25, 0.3) is 11.0 Å². The summed E-state index contributed by atoms with van der Waals surface area (Å²) in [5, 5.41) is 0.889. The van der Waals surface area contributed by atoms with E-state index < -0.39 is 12.1 Å². The fourth-order valence-electron chi connectivity index (χ4n) is 2.73. The molecule has 0 saturated carbocycles. The van der Waals surface area contributed by atoms with Crippen LogP contribution in [0.3, 0.4) is 0 Å². The van der Waals surface area contributed by atoms with E-state index in [0.717, 1.165) is 27.7 Å². The molecule has 0 N–H and O–H groups in total. The highest BCUT2D eigenvalue weighted by molar-refractivity contribution is 6.00. The summed E-state index contributed by atoms with van der Waals surface area (Å²) in [6.07, 6.45) is 0.815. The summed E-state index contributed by atoms with van der Waals surface area (Å²) in [6.45, 7) is 5.53. The molecule has 128 valence electrons. The van der Waals surface area contributed by atoms with Crippen molar-refractivity contribution in [2.75, 3.05) is 0 Å². The predicted octanol–water partition coefficient (Wildman–Crippen LogP) is 4.41. The molecule has 0 saturated heterocycles. The van der Waals surface area contributed by atoms with Gasteiger partial charge in [0.05, 0.1) is 12.7 Å². The highest BCUT2D eigenvalue weighted by Crippen LogP contribution is 2.23. The molecule has 3 aromatic rings. The fraction of sp³-hybridized carbons (Fsp3) is 0.238. The van der Waals surface area contributed by atoms with Crippen molar-refractivity contribution in [1.82, 2.24) is 0 Å². The van der Waals surface area contributed by atoms with Gasteiger partial charge in [-0.15, -0.1) is 0 Å². The van der Waals surface area contributed by atoms with Gasteiger partial charge >= 0.3 is 5.97 Å². The Labute approximate surface area is 146 Å². The number of benzene rings is 2. The lowest BCUT2D eigenvalue weighted by Crippen LogP contribution is -2.25. The van der Waals surface area contributed by atoms with Gasteiger partial charge in [0.25, 0.3) is 0 Å².